The predicted molar refractivity (Wildman–Crippen MR) is 79.3 cm³/mol. The monoisotopic (exact) mass is 306 g/mol. The van der Waals surface area contributed by atoms with Gasteiger partial charge in [0.1, 0.15) is 0 Å². The van der Waals surface area contributed by atoms with E-state index < -0.39 is 10.0 Å². The highest BCUT2D eigenvalue weighted by molar-refractivity contribution is 7.89. The number of hydrogen-bond acceptors (Lipinski definition) is 4. The maximum atomic E-state index is 12.3. The summed E-state index contributed by atoms with van der Waals surface area (Å²) in [5.74, 6) is 0.234. The van der Waals surface area contributed by atoms with Crippen LogP contribution in [-0.4, -0.2) is 25.2 Å². The van der Waals surface area contributed by atoms with Gasteiger partial charge in [-0.2, -0.15) is 5.10 Å². The van der Waals surface area contributed by atoms with Crippen molar-refractivity contribution in [1.29, 1.82) is 0 Å². The van der Waals surface area contributed by atoms with Crippen molar-refractivity contribution in [3.05, 3.63) is 46.6 Å². The maximum absolute atomic E-state index is 12.3. The van der Waals surface area contributed by atoms with Crippen molar-refractivity contribution in [3.63, 3.8) is 0 Å². The first-order valence-electron chi connectivity index (χ1n) is 6.84. The molecular weight excluding hydrogens is 288 g/mol. The molecule has 0 radical (unpaired) electrons. The van der Waals surface area contributed by atoms with Gasteiger partial charge in [-0.25, -0.2) is 13.1 Å². The van der Waals surface area contributed by atoms with Gasteiger partial charge in [0.25, 0.3) is 10.0 Å². The van der Waals surface area contributed by atoms with Gasteiger partial charge in [0.2, 0.25) is 0 Å². The topological polar surface area (TPSA) is 101 Å². The quantitative estimate of drug-likeness (QED) is 0.760. The lowest BCUT2D eigenvalue weighted by Gasteiger charge is -2.30. The Morgan fingerprint density at radius 3 is 2.90 bits per heavy atom. The van der Waals surface area contributed by atoms with E-state index in [1.165, 1.54) is 11.1 Å². The summed E-state index contributed by atoms with van der Waals surface area (Å²) >= 11 is 0. The average molecular weight is 306 g/mol. The molecule has 21 heavy (non-hydrogen) atoms. The lowest BCUT2D eigenvalue weighted by Crippen LogP contribution is -2.33. The van der Waals surface area contributed by atoms with E-state index in [4.69, 9.17) is 5.73 Å². The summed E-state index contributed by atoms with van der Waals surface area (Å²) in [5, 5.41) is 6.55. The number of rotatable bonds is 5. The van der Waals surface area contributed by atoms with Gasteiger partial charge < -0.3 is 5.73 Å². The van der Waals surface area contributed by atoms with Crippen molar-refractivity contribution < 1.29 is 8.42 Å². The van der Waals surface area contributed by atoms with Crippen molar-refractivity contribution in [1.82, 2.24) is 14.9 Å². The largest absolute Gasteiger partial charge is 0.326 e. The molecule has 1 aliphatic carbocycles. The van der Waals surface area contributed by atoms with Gasteiger partial charge in [0.15, 0.2) is 5.03 Å². The molecule has 1 aliphatic rings. The van der Waals surface area contributed by atoms with Gasteiger partial charge in [0, 0.05) is 30.3 Å². The lowest BCUT2D eigenvalue weighted by atomic mass is 9.78. The molecule has 7 heteroatoms. The summed E-state index contributed by atoms with van der Waals surface area (Å²) in [4.78, 5) is 0. The van der Waals surface area contributed by atoms with Crippen LogP contribution in [0.4, 0.5) is 0 Å². The fourth-order valence-corrected chi connectivity index (χ4v) is 4.00. The first-order chi connectivity index (χ1) is 10.0. The highest BCUT2D eigenvalue weighted by Crippen LogP contribution is 2.34. The van der Waals surface area contributed by atoms with Crippen molar-refractivity contribution >= 4 is 10.0 Å². The SMILES string of the molecule is Cc1[nH]nc(S(=O)(=O)NCC2Cc3ccccc32)c1CN. The highest BCUT2D eigenvalue weighted by atomic mass is 32.2. The van der Waals surface area contributed by atoms with Crippen LogP contribution in [0.25, 0.3) is 0 Å². The highest BCUT2D eigenvalue weighted by Gasteiger charge is 2.29. The molecule has 112 valence electrons. The van der Waals surface area contributed by atoms with E-state index in [0.717, 1.165) is 6.42 Å². The number of nitrogens with two attached hydrogens (primary N) is 1. The van der Waals surface area contributed by atoms with E-state index in [1.807, 2.05) is 18.2 Å². The fraction of sp³-hybridized carbons (Fsp3) is 0.357. The van der Waals surface area contributed by atoms with Crippen LogP contribution in [0.15, 0.2) is 29.3 Å². The standard InChI is InChI=1S/C14H18N4O2S/c1-9-13(7-15)14(18-17-9)21(19,20)16-8-11-6-10-4-2-3-5-12(10)11/h2-5,11,16H,6-8,15H2,1H3,(H,17,18). The first kappa shape index (κ1) is 14.2. The van der Waals surface area contributed by atoms with E-state index in [-0.39, 0.29) is 17.5 Å². The van der Waals surface area contributed by atoms with E-state index in [9.17, 15) is 8.42 Å². The zero-order chi connectivity index (χ0) is 15.0. The van der Waals surface area contributed by atoms with Crippen LogP contribution in [0.2, 0.25) is 0 Å². The molecule has 1 atom stereocenters. The molecular formula is C14H18N4O2S. The van der Waals surface area contributed by atoms with E-state index in [2.05, 4.69) is 21.0 Å². The molecule has 4 N–H and O–H groups in total. The number of H-pyrrole nitrogens is 1. The minimum Gasteiger partial charge on any atom is -0.326 e. The van der Waals surface area contributed by atoms with Gasteiger partial charge in [-0.15, -0.1) is 0 Å². The first-order valence-corrected chi connectivity index (χ1v) is 8.32. The van der Waals surface area contributed by atoms with E-state index in [1.54, 1.807) is 6.92 Å². The van der Waals surface area contributed by atoms with Crippen LogP contribution in [-0.2, 0) is 23.0 Å². The summed E-state index contributed by atoms with van der Waals surface area (Å²) in [6.45, 7) is 2.29. The summed E-state index contributed by atoms with van der Waals surface area (Å²) in [7, 11) is -3.63. The summed E-state index contributed by atoms with van der Waals surface area (Å²) in [5.41, 5.74) is 9.33. The molecule has 0 amide bonds. The van der Waals surface area contributed by atoms with Crippen molar-refractivity contribution in [2.24, 2.45) is 5.73 Å². The molecule has 1 heterocycles. The van der Waals surface area contributed by atoms with Crippen LogP contribution in [0.1, 0.15) is 28.3 Å². The van der Waals surface area contributed by atoms with Crippen LogP contribution in [0, 0.1) is 6.92 Å². The van der Waals surface area contributed by atoms with Crippen LogP contribution in [0.3, 0.4) is 0 Å². The van der Waals surface area contributed by atoms with Gasteiger partial charge >= 0.3 is 0 Å². The Bertz CT molecular complexity index is 767. The summed E-state index contributed by atoms with van der Waals surface area (Å²) in [6, 6.07) is 8.09. The third-order valence-electron chi connectivity index (χ3n) is 3.98. The van der Waals surface area contributed by atoms with E-state index >= 15 is 0 Å². The number of aromatic nitrogens is 2. The zero-order valence-corrected chi connectivity index (χ0v) is 12.6. The van der Waals surface area contributed by atoms with E-state index in [0.29, 0.717) is 17.8 Å². The van der Waals surface area contributed by atoms with Gasteiger partial charge in [0.05, 0.1) is 0 Å². The van der Waals surface area contributed by atoms with Gasteiger partial charge in [-0.1, -0.05) is 24.3 Å². The molecule has 6 nitrogen and oxygen atoms in total. The molecule has 0 saturated carbocycles. The Balaban J connectivity index is 1.73. The molecule has 1 unspecified atom stereocenters. The molecule has 2 aromatic rings. The predicted octanol–water partition coefficient (Wildman–Crippen LogP) is 0.795. The Hall–Kier alpha value is -1.70. The maximum Gasteiger partial charge on any atom is 0.260 e. The summed E-state index contributed by atoms with van der Waals surface area (Å²) in [6.07, 6.45) is 0.905. The fourth-order valence-electron chi connectivity index (χ4n) is 2.72. The zero-order valence-electron chi connectivity index (χ0n) is 11.8. The molecule has 0 saturated heterocycles. The number of nitrogens with zero attached hydrogens (tertiary/aromatic N) is 1. The molecule has 0 fully saturated rings. The molecule has 3 rings (SSSR count). The smallest absolute Gasteiger partial charge is 0.260 e. The molecule has 0 bridgehead atoms. The van der Waals surface area contributed by atoms with Gasteiger partial charge in [-0.05, 0) is 24.5 Å². The number of hydrogen-bond donors (Lipinski definition) is 3. The third kappa shape index (κ3) is 2.48. The Morgan fingerprint density at radius 1 is 1.43 bits per heavy atom. The Labute approximate surface area is 123 Å². The number of sulfonamides is 1. The van der Waals surface area contributed by atoms with Crippen LogP contribution in [0.5, 0.6) is 0 Å². The van der Waals surface area contributed by atoms with Gasteiger partial charge in [-0.3, -0.25) is 5.10 Å². The number of nitrogens with one attached hydrogen (secondary N) is 2. The molecule has 0 aliphatic heterocycles. The van der Waals surface area contributed by atoms with Crippen molar-refractivity contribution in [2.75, 3.05) is 6.54 Å². The number of benzene rings is 1. The van der Waals surface area contributed by atoms with Crippen molar-refractivity contribution in [3.8, 4) is 0 Å². The lowest BCUT2D eigenvalue weighted by molar-refractivity contribution is 0.548. The summed E-state index contributed by atoms with van der Waals surface area (Å²) < 4.78 is 27.3. The average Bonchev–Trinajstić information content (AvgIpc) is 2.81. The number of fused-ring (bicyclic) bond motifs is 1. The van der Waals surface area contributed by atoms with Crippen LogP contribution >= 0.6 is 0 Å². The minimum atomic E-state index is -3.63. The number of aryl methyl sites for hydroxylation is 1. The number of aromatic amines is 1. The second kappa shape index (κ2) is 5.25. The molecule has 0 spiro atoms. The second-order valence-electron chi connectivity index (χ2n) is 5.29. The Morgan fingerprint density at radius 2 is 2.19 bits per heavy atom. The minimum absolute atomic E-state index is 0.00936. The van der Waals surface area contributed by atoms with Crippen molar-refractivity contribution in [2.45, 2.75) is 30.8 Å². The second-order valence-corrected chi connectivity index (χ2v) is 6.97. The molecule has 1 aromatic carbocycles. The third-order valence-corrected chi connectivity index (χ3v) is 5.37. The van der Waals surface area contributed by atoms with Crippen LogP contribution < -0.4 is 10.5 Å². The molecule has 1 aromatic heterocycles. The normalized spacial score (nSPS) is 17.3. The Kier molecular flexibility index (Phi) is 3.56.